The molecule has 1 aromatic carbocycles. The summed E-state index contributed by atoms with van der Waals surface area (Å²) in [5.74, 6) is 0.668. The maximum absolute atomic E-state index is 13.2. The molecule has 1 saturated heterocycles. The largest absolute Gasteiger partial charge is 0.586 e. The highest BCUT2D eigenvalue weighted by Gasteiger charge is 2.43. The van der Waals surface area contributed by atoms with Crippen molar-refractivity contribution in [3.63, 3.8) is 0 Å². The van der Waals surface area contributed by atoms with Crippen molar-refractivity contribution in [2.45, 2.75) is 32.6 Å². The number of nitrogens with one attached hydrogen (secondary N) is 1. The molecule has 2 atom stereocenters. The van der Waals surface area contributed by atoms with Gasteiger partial charge in [-0.1, -0.05) is 26.3 Å². The molecule has 6 heteroatoms. The third-order valence-corrected chi connectivity index (χ3v) is 4.49. The standard InChI is InChI=1S/C16H22F2N2O2/c1-3-11(2)15(20-8-6-19-7-9-20)12-4-5-13-14(10-12)22-16(17,18)21-13/h4-5,10-11,15,19H,3,6-9H2,1-2H3/t11?,15-/m1/s1. The van der Waals surface area contributed by atoms with Gasteiger partial charge in [-0.05, 0) is 23.6 Å². The van der Waals surface area contributed by atoms with Gasteiger partial charge in [0.1, 0.15) is 0 Å². The Labute approximate surface area is 129 Å². The van der Waals surface area contributed by atoms with Crippen LogP contribution in [0.3, 0.4) is 0 Å². The van der Waals surface area contributed by atoms with Crippen molar-refractivity contribution in [1.82, 2.24) is 10.2 Å². The highest BCUT2D eigenvalue weighted by Crippen LogP contribution is 2.43. The van der Waals surface area contributed by atoms with E-state index in [2.05, 4.69) is 33.5 Å². The van der Waals surface area contributed by atoms with Crippen molar-refractivity contribution in [2.24, 2.45) is 5.92 Å². The van der Waals surface area contributed by atoms with Gasteiger partial charge in [0, 0.05) is 32.2 Å². The van der Waals surface area contributed by atoms with Crippen molar-refractivity contribution >= 4 is 0 Å². The Morgan fingerprint density at radius 3 is 2.59 bits per heavy atom. The molecule has 1 aromatic rings. The van der Waals surface area contributed by atoms with E-state index in [4.69, 9.17) is 0 Å². The zero-order valence-corrected chi connectivity index (χ0v) is 12.9. The Morgan fingerprint density at radius 2 is 1.91 bits per heavy atom. The van der Waals surface area contributed by atoms with Crippen LogP contribution in [0.2, 0.25) is 0 Å². The van der Waals surface area contributed by atoms with Crippen LogP contribution in [0.5, 0.6) is 11.5 Å². The topological polar surface area (TPSA) is 33.7 Å². The number of halogens is 2. The van der Waals surface area contributed by atoms with Gasteiger partial charge in [-0.25, -0.2) is 0 Å². The molecule has 0 saturated carbocycles. The van der Waals surface area contributed by atoms with Crippen molar-refractivity contribution in [1.29, 1.82) is 0 Å². The summed E-state index contributed by atoms with van der Waals surface area (Å²) in [6.07, 6.45) is -2.53. The molecule has 22 heavy (non-hydrogen) atoms. The van der Waals surface area contributed by atoms with Gasteiger partial charge < -0.3 is 14.8 Å². The number of ether oxygens (including phenoxy) is 2. The van der Waals surface area contributed by atoms with Crippen molar-refractivity contribution in [3.8, 4) is 11.5 Å². The third kappa shape index (κ3) is 3.03. The Kier molecular flexibility index (Phi) is 4.23. The van der Waals surface area contributed by atoms with Gasteiger partial charge in [0.15, 0.2) is 11.5 Å². The van der Waals surface area contributed by atoms with Gasteiger partial charge in [0.05, 0.1) is 0 Å². The van der Waals surface area contributed by atoms with Gasteiger partial charge in [-0.15, -0.1) is 8.78 Å². The molecule has 3 rings (SSSR count). The summed E-state index contributed by atoms with van der Waals surface area (Å²) >= 11 is 0. The van der Waals surface area contributed by atoms with E-state index < -0.39 is 6.29 Å². The Hall–Kier alpha value is -1.40. The average molecular weight is 312 g/mol. The molecule has 2 heterocycles. The maximum Gasteiger partial charge on any atom is 0.586 e. The van der Waals surface area contributed by atoms with Crippen molar-refractivity contribution in [2.75, 3.05) is 26.2 Å². The monoisotopic (exact) mass is 312 g/mol. The van der Waals surface area contributed by atoms with Crippen LogP contribution in [0.25, 0.3) is 0 Å². The molecule has 0 aliphatic carbocycles. The van der Waals surface area contributed by atoms with Crippen molar-refractivity contribution in [3.05, 3.63) is 23.8 Å². The Balaban J connectivity index is 1.88. The molecule has 0 spiro atoms. The van der Waals surface area contributed by atoms with E-state index in [9.17, 15) is 8.78 Å². The number of fused-ring (bicyclic) bond motifs is 1. The van der Waals surface area contributed by atoms with Crippen LogP contribution < -0.4 is 14.8 Å². The van der Waals surface area contributed by atoms with E-state index in [-0.39, 0.29) is 17.5 Å². The second-order valence-electron chi connectivity index (χ2n) is 5.99. The summed E-state index contributed by atoms with van der Waals surface area (Å²) in [5, 5.41) is 3.34. The zero-order chi connectivity index (χ0) is 15.7. The lowest BCUT2D eigenvalue weighted by Crippen LogP contribution is -2.46. The summed E-state index contributed by atoms with van der Waals surface area (Å²) in [4.78, 5) is 2.42. The summed E-state index contributed by atoms with van der Waals surface area (Å²) in [6.45, 7) is 8.18. The number of rotatable bonds is 4. The second kappa shape index (κ2) is 6.01. The summed E-state index contributed by atoms with van der Waals surface area (Å²) in [5.41, 5.74) is 1.01. The van der Waals surface area contributed by atoms with Crippen LogP contribution in [0.15, 0.2) is 18.2 Å². The molecule has 0 bridgehead atoms. The molecule has 4 nitrogen and oxygen atoms in total. The van der Waals surface area contributed by atoms with E-state index in [1.165, 1.54) is 0 Å². The normalized spacial score (nSPS) is 23.3. The Morgan fingerprint density at radius 1 is 1.23 bits per heavy atom. The molecule has 1 fully saturated rings. The highest BCUT2D eigenvalue weighted by atomic mass is 19.3. The maximum atomic E-state index is 13.2. The Bertz CT molecular complexity index is 533. The fourth-order valence-electron chi connectivity index (χ4n) is 3.23. The van der Waals surface area contributed by atoms with E-state index in [0.717, 1.165) is 38.2 Å². The van der Waals surface area contributed by atoms with Crippen LogP contribution in [0.4, 0.5) is 8.78 Å². The minimum Gasteiger partial charge on any atom is -0.395 e. The van der Waals surface area contributed by atoms with Gasteiger partial charge in [0.2, 0.25) is 0 Å². The number of alkyl halides is 2. The number of benzene rings is 1. The lowest BCUT2D eigenvalue weighted by atomic mass is 9.90. The van der Waals surface area contributed by atoms with Gasteiger partial charge in [0.25, 0.3) is 0 Å². The minimum atomic E-state index is -3.55. The van der Waals surface area contributed by atoms with Gasteiger partial charge in [-0.2, -0.15) is 0 Å². The number of piperazine rings is 1. The van der Waals surface area contributed by atoms with Crippen LogP contribution in [0, 0.1) is 5.92 Å². The summed E-state index contributed by atoms with van der Waals surface area (Å²) < 4.78 is 35.5. The van der Waals surface area contributed by atoms with Gasteiger partial charge in [-0.3, -0.25) is 4.90 Å². The molecule has 1 N–H and O–H groups in total. The number of hydrogen-bond donors (Lipinski definition) is 1. The zero-order valence-electron chi connectivity index (χ0n) is 12.9. The lowest BCUT2D eigenvalue weighted by Gasteiger charge is -2.38. The van der Waals surface area contributed by atoms with Crippen molar-refractivity contribution < 1.29 is 18.3 Å². The summed E-state index contributed by atoms with van der Waals surface area (Å²) in [6, 6.07) is 5.37. The van der Waals surface area contributed by atoms with Crippen LogP contribution in [0.1, 0.15) is 31.9 Å². The predicted octanol–water partition coefficient (Wildman–Crippen LogP) is 3.00. The molecule has 1 unspecified atom stereocenters. The smallest absolute Gasteiger partial charge is 0.395 e. The van der Waals surface area contributed by atoms with E-state index in [1.54, 1.807) is 12.1 Å². The van der Waals surface area contributed by atoms with Crippen LogP contribution in [-0.2, 0) is 0 Å². The molecule has 2 aliphatic heterocycles. The lowest BCUT2D eigenvalue weighted by molar-refractivity contribution is -0.286. The summed E-state index contributed by atoms with van der Waals surface area (Å²) in [7, 11) is 0. The second-order valence-corrected chi connectivity index (χ2v) is 5.99. The van der Waals surface area contributed by atoms with Crippen LogP contribution >= 0.6 is 0 Å². The highest BCUT2D eigenvalue weighted by molar-refractivity contribution is 5.46. The molecule has 0 amide bonds. The average Bonchev–Trinajstić information content (AvgIpc) is 2.81. The molecule has 2 aliphatic rings. The number of hydrogen-bond acceptors (Lipinski definition) is 4. The first kappa shape index (κ1) is 15.5. The van der Waals surface area contributed by atoms with E-state index in [1.807, 2.05) is 6.07 Å². The first-order chi connectivity index (χ1) is 10.5. The third-order valence-electron chi connectivity index (χ3n) is 4.49. The quantitative estimate of drug-likeness (QED) is 0.927. The van der Waals surface area contributed by atoms with E-state index in [0.29, 0.717) is 5.92 Å². The molecule has 0 radical (unpaired) electrons. The predicted molar refractivity (Wildman–Crippen MR) is 79.3 cm³/mol. The minimum absolute atomic E-state index is 0.108. The van der Waals surface area contributed by atoms with Crippen LogP contribution in [-0.4, -0.2) is 37.4 Å². The SMILES string of the molecule is CCC(C)[C@H](c1ccc2c(c1)OC(F)(F)O2)N1CCNCC1. The first-order valence-electron chi connectivity index (χ1n) is 7.84. The molecular formula is C16H22F2N2O2. The first-order valence-corrected chi connectivity index (χ1v) is 7.84. The van der Waals surface area contributed by atoms with E-state index >= 15 is 0 Å². The molecule has 0 aromatic heterocycles. The fraction of sp³-hybridized carbons (Fsp3) is 0.625. The van der Waals surface area contributed by atoms with Gasteiger partial charge >= 0.3 is 6.29 Å². The number of nitrogens with zero attached hydrogens (tertiary/aromatic N) is 1. The molecule has 122 valence electrons. The molecular weight excluding hydrogens is 290 g/mol. The fourth-order valence-corrected chi connectivity index (χ4v) is 3.23.